The first-order chi connectivity index (χ1) is 7.40. The minimum atomic E-state index is -1.37. The Labute approximate surface area is 89.7 Å². The first kappa shape index (κ1) is 11.6. The monoisotopic (exact) mass is 224 g/mol. The Balaban J connectivity index is 3.23. The van der Waals surface area contributed by atoms with Gasteiger partial charge in [-0.05, 0) is 12.1 Å². The lowest BCUT2D eigenvalue weighted by Gasteiger charge is -2.04. The first-order valence-electron chi connectivity index (χ1n) is 4.16. The van der Waals surface area contributed by atoms with Crippen LogP contribution in [0.5, 0.6) is 0 Å². The number of carbonyl (C=O) groups is 3. The predicted molar refractivity (Wildman–Crippen MR) is 52.5 cm³/mol. The minimum Gasteiger partial charge on any atom is -0.477 e. The Hall–Kier alpha value is -2.44. The van der Waals surface area contributed by atoms with Crippen molar-refractivity contribution in [3.63, 3.8) is 0 Å². The summed E-state index contributed by atoms with van der Waals surface area (Å²) in [7, 11) is 0. The summed E-state index contributed by atoms with van der Waals surface area (Å²) in [4.78, 5) is 35.4. The molecule has 0 aromatic carbocycles. The molecule has 1 amide bonds. The number of carboxylic acids is 2. The lowest BCUT2D eigenvalue weighted by Crippen LogP contribution is -2.12. The number of anilines is 1. The molecule has 0 saturated carbocycles. The zero-order chi connectivity index (χ0) is 12.3. The van der Waals surface area contributed by atoms with Gasteiger partial charge in [0, 0.05) is 12.6 Å². The van der Waals surface area contributed by atoms with Gasteiger partial charge in [-0.3, -0.25) is 4.79 Å². The van der Waals surface area contributed by atoms with Crippen LogP contribution in [0.1, 0.15) is 27.9 Å². The second-order valence-electron chi connectivity index (χ2n) is 2.92. The zero-order valence-electron chi connectivity index (χ0n) is 8.22. The highest BCUT2D eigenvalue weighted by Gasteiger charge is 2.13. The van der Waals surface area contributed by atoms with Crippen LogP contribution in [0, 0.1) is 0 Å². The van der Waals surface area contributed by atoms with E-state index in [0.29, 0.717) is 0 Å². The number of nitrogens with zero attached hydrogens (tertiary/aromatic N) is 1. The molecular formula is C9H8N2O5. The van der Waals surface area contributed by atoms with Crippen molar-refractivity contribution in [3.8, 4) is 0 Å². The fourth-order valence-corrected chi connectivity index (χ4v) is 1.03. The van der Waals surface area contributed by atoms with E-state index in [0.717, 1.165) is 12.1 Å². The van der Waals surface area contributed by atoms with Crippen molar-refractivity contribution in [2.45, 2.75) is 6.92 Å². The van der Waals surface area contributed by atoms with E-state index in [9.17, 15) is 14.4 Å². The van der Waals surface area contributed by atoms with Gasteiger partial charge in [-0.15, -0.1) is 0 Å². The van der Waals surface area contributed by atoms with Crippen LogP contribution in [0.25, 0.3) is 0 Å². The summed E-state index contributed by atoms with van der Waals surface area (Å²) < 4.78 is 0. The number of aromatic carboxylic acids is 2. The molecule has 0 bridgehead atoms. The van der Waals surface area contributed by atoms with E-state index in [-0.39, 0.29) is 5.69 Å². The van der Waals surface area contributed by atoms with Gasteiger partial charge in [-0.2, -0.15) is 0 Å². The summed E-state index contributed by atoms with van der Waals surface area (Å²) in [5, 5.41) is 19.7. The molecule has 0 fully saturated rings. The number of carboxylic acid groups (broad SMARTS) is 2. The van der Waals surface area contributed by atoms with Gasteiger partial charge in [0.05, 0.1) is 0 Å². The van der Waals surface area contributed by atoms with Gasteiger partial charge in [0.1, 0.15) is 0 Å². The quantitative estimate of drug-likeness (QED) is 0.685. The molecule has 1 rings (SSSR count). The molecule has 0 aliphatic carbocycles. The second-order valence-corrected chi connectivity index (χ2v) is 2.92. The van der Waals surface area contributed by atoms with E-state index < -0.39 is 29.2 Å². The molecule has 1 heterocycles. The molecule has 16 heavy (non-hydrogen) atoms. The van der Waals surface area contributed by atoms with Gasteiger partial charge in [0.15, 0.2) is 11.4 Å². The number of pyridine rings is 1. The van der Waals surface area contributed by atoms with Crippen molar-refractivity contribution in [3.05, 3.63) is 23.5 Å². The van der Waals surface area contributed by atoms with Gasteiger partial charge in [0.2, 0.25) is 5.91 Å². The summed E-state index contributed by atoms with van der Waals surface area (Å²) in [6.45, 7) is 1.22. The molecule has 0 aliphatic heterocycles. The number of amides is 1. The summed E-state index contributed by atoms with van der Waals surface area (Å²) in [5.41, 5.74) is -0.801. The smallest absolute Gasteiger partial charge is 0.354 e. The highest BCUT2D eigenvalue weighted by Crippen LogP contribution is 2.12. The van der Waals surface area contributed by atoms with Crippen LogP contribution in [-0.4, -0.2) is 33.0 Å². The molecule has 0 radical (unpaired) electrons. The van der Waals surface area contributed by atoms with Gasteiger partial charge >= 0.3 is 11.9 Å². The van der Waals surface area contributed by atoms with Crippen LogP contribution in [0.3, 0.4) is 0 Å². The summed E-state index contributed by atoms with van der Waals surface area (Å²) >= 11 is 0. The van der Waals surface area contributed by atoms with Gasteiger partial charge in [-0.1, -0.05) is 0 Å². The van der Waals surface area contributed by atoms with E-state index in [1.165, 1.54) is 6.92 Å². The SMILES string of the molecule is CC(=O)Nc1cc(C(=O)O)nc(C(=O)O)c1. The minimum absolute atomic E-state index is 0.0808. The highest BCUT2D eigenvalue weighted by atomic mass is 16.4. The van der Waals surface area contributed by atoms with E-state index in [4.69, 9.17) is 10.2 Å². The number of carbonyl (C=O) groups excluding carboxylic acids is 1. The molecule has 0 saturated heterocycles. The average Bonchev–Trinajstić information content (AvgIpc) is 2.15. The molecule has 1 aromatic heterocycles. The van der Waals surface area contributed by atoms with Gasteiger partial charge in [-0.25, -0.2) is 14.6 Å². The zero-order valence-corrected chi connectivity index (χ0v) is 8.22. The lowest BCUT2D eigenvalue weighted by atomic mass is 10.2. The average molecular weight is 224 g/mol. The van der Waals surface area contributed by atoms with Gasteiger partial charge in [0.25, 0.3) is 0 Å². The van der Waals surface area contributed by atoms with E-state index in [2.05, 4.69) is 10.3 Å². The van der Waals surface area contributed by atoms with Crippen LogP contribution in [-0.2, 0) is 4.79 Å². The Morgan fingerprint density at radius 3 is 1.88 bits per heavy atom. The van der Waals surface area contributed by atoms with Crippen LogP contribution in [0.4, 0.5) is 5.69 Å². The second kappa shape index (κ2) is 4.39. The molecule has 0 aliphatic rings. The molecule has 7 heteroatoms. The summed E-state index contributed by atoms with van der Waals surface area (Å²) in [6.07, 6.45) is 0. The molecule has 84 valence electrons. The lowest BCUT2D eigenvalue weighted by molar-refractivity contribution is -0.114. The van der Waals surface area contributed by atoms with Crippen LogP contribution in [0.2, 0.25) is 0 Å². The van der Waals surface area contributed by atoms with Gasteiger partial charge < -0.3 is 15.5 Å². The van der Waals surface area contributed by atoms with Crippen molar-refractivity contribution < 1.29 is 24.6 Å². The number of rotatable bonds is 3. The fraction of sp³-hybridized carbons (Fsp3) is 0.111. The van der Waals surface area contributed by atoms with E-state index in [1.807, 2.05) is 0 Å². The third-order valence-corrected chi connectivity index (χ3v) is 1.58. The number of nitrogens with one attached hydrogen (secondary N) is 1. The normalized spacial score (nSPS) is 9.56. The molecule has 0 spiro atoms. The van der Waals surface area contributed by atoms with Crippen LogP contribution in [0.15, 0.2) is 12.1 Å². The molecule has 7 nitrogen and oxygen atoms in total. The molecule has 0 unspecified atom stereocenters. The summed E-state index contributed by atoms with van der Waals surface area (Å²) in [6, 6.07) is 2.16. The molecular weight excluding hydrogens is 216 g/mol. The maximum absolute atomic E-state index is 10.7. The Bertz CT molecular complexity index is 437. The number of aromatic nitrogens is 1. The standard InChI is InChI=1S/C9H8N2O5/c1-4(12)10-5-2-6(8(13)14)11-7(3-5)9(15)16/h2-3H,1H3,(H,13,14)(H,15,16)(H,10,11,12). The van der Waals surface area contributed by atoms with Crippen molar-refractivity contribution >= 4 is 23.5 Å². The molecule has 0 atom stereocenters. The third-order valence-electron chi connectivity index (χ3n) is 1.58. The first-order valence-corrected chi connectivity index (χ1v) is 4.16. The predicted octanol–water partition coefficient (Wildman–Crippen LogP) is 0.436. The van der Waals surface area contributed by atoms with Crippen molar-refractivity contribution in [2.75, 3.05) is 5.32 Å². The maximum atomic E-state index is 10.7. The van der Waals surface area contributed by atoms with E-state index >= 15 is 0 Å². The summed E-state index contributed by atoms with van der Waals surface area (Å²) in [5.74, 6) is -3.16. The maximum Gasteiger partial charge on any atom is 0.354 e. The van der Waals surface area contributed by atoms with E-state index in [1.54, 1.807) is 0 Å². The molecule has 3 N–H and O–H groups in total. The Kier molecular flexibility index (Phi) is 3.19. The number of hydrogen-bond acceptors (Lipinski definition) is 4. The Morgan fingerprint density at radius 2 is 1.56 bits per heavy atom. The molecule has 1 aromatic rings. The fourth-order valence-electron chi connectivity index (χ4n) is 1.03. The van der Waals surface area contributed by atoms with Crippen LogP contribution < -0.4 is 5.32 Å². The van der Waals surface area contributed by atoms with Crippen LogP contribution >= 0.6 is 0 Å². The highest BCUT2D eigenvalue weighted by molar-refractivity contribution is 5.95. The topological polar surface area (TPSA) is 117 Å². The van der Waals surface area contributed by atoms with Crippen molar-refractivity contribution in [1.82, 2.24) is 4.98 Å². The Morgan fingerprint density at radius 1 is 1.12 bits per heavy atom. The van der Waals surface area contributed by atoms with Crippen molar-refractivity contribution in [1.29, 1.82) is 0 Å². The van der Waals surface area contributed by atoms with Crippen molar-refractivity contribution in [2.24, 2.45) is 0 Å². The largest absolute Gasteiger partial charge is 0.477 e. The third kappa shape index (κ3) is 2.77. The number of hydrogen-bond donors (Lipinski definition) is 3.